The van der Waals surface area contributed by atoms with Crippen LogP contribution in [0.5, 0.6) is 0 Å². The number of nitrogens with one attached hydrogen (secondary N) is 1. The number of aromatic nitrogens is 2. The van der Waals surface area contributed by atoms with Gasteiger partial charge in [-0.1, -0.05) is 34.1 Å². The predicted molar refractivity (Wildman–Crippen MR) is 94.0 cm³/mol. The van der Waals surface area contributed by atoms with E-state index in [1.54, 1.807) is 24.9 Å². The highest BCUT2D eigenvalue weighted by molar-refractivity contribution is 9.10. The molecule has 5 nitrogen and oxygen atoms in total. The first-order valence-electron chi connectivity index (χ1n) is 7.56. The van der Waals surface area contributed by atoms with E-state index in [1.165, 1.54) is 0 Å². The minimum atomic E-state index is -0.0189. The molecule has 0 atom stereocenters. The van der Waals surface area contributed by atoms with Crippen LogP contribution in [-0.2, 0) is 17.8 Å². The van der Waals surface area contributed by atoms with Crippen molar-refractivity contribution in [2.24, 2.45) is 0 Å². The molecule has 2 heterocycles. The fourth-order valence-electron chi connectivity index (χ4n) is 2.36. The Hall–Kier alpha value is -2.47. The van der Waals surface area contributed by atoms with Crippen LogP contribution in [0.1, 0.15) is 17.7 Å². The van der Waals surface area contributed by atoms with E-state index in [-0.39, 0.29) is 5.91 Å². The van der Waals surface area contributed by atoms with Gasteiger partial charge in [0.1, 0.15) is 0 Å². The largest absolute Gasteiger partial charge is 0.472 e. The van der Waals surface area contributed by atoms with E-state index in [2.05, 4.69) is 31.2 Å². The molecule has 1 aromatic carbocycles. The molecular weight excluding hydrogens is 370 g/mol. The molecule has 3 rings (SSSR count). The van der Waals surface area contributed by atoms with Crippen molar-refractivity contribution in [3.05, 3.63) is 71.0 Å². The third-order valence-corrected chi connectivity index (χ3v) is 4.37. The van der Waals surface area contributed by atoms with Crippen LogP contribution in [0.25, 0.3) is 11.3 Å². The summed E-state index contributed by atoms with van der Waals surface area (Å²) in [6.45, 7) is 0.336. The van der Waals surface area contributed by atoms with E-state index < -0.39 is 0 Å². The molecule has 0 radical (unpaired) electrons. The number of furan rings is 1. The number of nitrogens with zero attached hydrogens (tertiary/aromatic N) is 2. The first-order chi connectivity index (χ1) is 11.7. The van der Waals surface area contributed by atoms with Crippen molar-refractivity contribution in [3.8, 4) is 11.3 Å². The number of rotatable bonds is 6. The molecule has 122 valence electrons. The molecule has 24 heavy (non-hydrogen) atoms. The van der Waals surface area contributed by atoms with Crippen LogP contribution in [0.3, 0.4) is 0 Å². The SMILES string of the molecule is O=C(CCc1ccccc1Br)NCc1nccnc1-c1ccoc1. The minimum absolute atomic E-state index is 0.0189. The molecule has 0 saturated heterocycles. The molecule has 0 fully saturated rings. The van der Waals surface area contributed by atoms with Gasteiger partial charge in [0.2, 0.25) is 5.91 Å². The summed E-state index contributed by atoms with van der Waals surface area (Å²) in [6.07, 6.45) is 7.55. The smallest absolute Gasteiger partial charge is 0.220 e. The highest BCUT2D eigenvalue weighted by Crippen LogP contribution is 2.20. The van der Waals surface area contributed by atoms with Gasteiger partial charge in [-0.2, -0.15) is 0 Å². The Labute approximate surface area is 148 Å². The Kier molecular flexibility index (Phi) is 5.38. The summed E-state index contributed by atoms with van der Waals surface area (Å²) in [5.41, 5.74) is 3.40. The van der Waals surface area contributed by atoms with Gasteiger partial charge in [-0.3, -0.25) is 14.8 Å². The fraction of sp³-hybridized carbons (Fsp3) is 0.167. The number of hydrogen-bond donors (Lipinski definition) is 1. The Balaban J connectivity index is 1.58. The van der Waals surface area contributed by atoms with E-state index in [1.807, 2.05) is 30.3 Å². The van der Waals surface area contributed by atoms with Gasteiger partial charge in [0, 0.05) is 28.9 Å². The number of benzene rings is 1. The molecule has 1 amide bonds. The van der Waals surface area contributed by atoms with Crippen molar-refractivity contribution in [2.45, 2.75) is 19.4 Å². The van der Waals surface area contributed by atoms with Gasteiger partial charge < -0.3 is 9.73 Å². The lowest BCUT2D eigenvalue weighted by Crippen LogP contribution is -2.24. The van der Waals surface area contributed by atoms with Crippen molar-refractivity contribution < 1.29 is 9.21 Å². The second-order valence-corrected chi connectivity index (χ2v) is 6.09. The number of aryl methyl sites for hydroxylation is 1. The van der Waals surface area contributed by atoms with Gasteiger partial charge in [-0.15, -0.1) is 0 Å². The maximum atomic E-state index is 12.1. The van der Waals surface area contributed by atoms with E-state index in [0.29, 0.717) is 25.1 Å². The van der Waals surface area contributed by atoms with Crippen LogP contribution in [0, 0.1) is 0 Å². The molecule has 0 aliphatic carbocycles. The number of carbonyl (C=O) groups is 1. The molecule has 0 unspecified atom stereocenters. The quantitative estimate of drug-likeness (QED) is 0.701. The standard InChI is InChI=1S/C18H16BrN3O2/c19-15-4-2-1-3-13(15)5-6-17(23)22-11-16-18(21-9-8-20-16)14-7-10-24-12-14/h1-4,7-10,12H,5-6,11H2,(H,22,23). The summed E-state index contributed by atoms with van der Waals surface area (Å²) in [5.74, 6) is -0.0189. The highest BCUT2D eigenvalue weighted by Gasteiger charge is 2.11. The third-order valence-electron chi connectivity index (χ3n) is 3.60. The summed E-state index contributed by atoms with van der Waals surface area (Å²) in [4.78, 5) is 20.7. The van der Waals surface area contributed by atoms with E-state index in [4.69, 9.17) is 4.42 Å². The van der Waals surface area contributed by atoms with Gasteiger partial charge in [0.05, 0.1) is 30.5 Å². The van der Waals surface area contributed by atoms with Gasteiger partial charge in [0.25, 0.3) is 0 Å². The number of halogens is 1. The number of carbonyl (C=O) groups excluding carboxylic acids is 1. The van der Waals surface area contributed by atoms with Gasteiger partial charge in [0.15, 0.2) is 0 Å². The topological polar surface area (TPSA) is 68.0 Å². The molecule has 2 aromatic heterocycles. The van der Waals surface area contributed by atoms with E-state index in [9.17, 15) is 4.79 Å². The Morgan fingerprint density at radius 1 is 1.17 bits per heavy atom. The highest BCUT2D eigenvalue weighted by atomic mass is 79.9. The van der Waals surface area contributed by atoms with Gasteiger partial charge in [-0.05, 0) is 24.1 Å². The number of hydrogen-bond acceptors (Lipinski definition) is 4. The molecule has 3 aromatic rings. The molecule has 1 N–H and O–H groups in total. The van der Waals surface area contributed by atoms with E-state index in [0.717, 1.165) is 21.3 Å². The lowest BCUT2D eigenvalue weighted by Gasteiger charge is -2.08. The lowest BCUT2D eigenvalue weighted by molar-refractivity contribution is -0.121. The van der Waals surface area contributed by atoms with Gasteiger partial charge >= 0.3 is 0 Å². The summed E-state index contributed by atoms with van der Waals surface area (Å²) in [6, 6.07) is 9.73. The Morgan fingerprint density at radius 3 is 2.79 bits per heavy atom. The Bertz CT molecular complexity index is 819. The zero-order valence-electron chi connectivity index (χ0n) is 12.9. The van der Waals surface area contributed by atoms with Crippen molar-refractivity contribution in [2.75, 3.05) is 0 Å². The average molecular weight is 386 g/mol. The summed E-state index contributed by atoms with van der Waals surface area (Å²) in [7, 11) is 0. The first kappa shape index (κ1) is 16.4. The van der Waals surface area contributed by atoms with Crippen molar-refractivity contribution in [1.29, 1.82) is 0 Å². The molecule has 0 saturated carbocycles. The van der Waals surface area contributed by atoms with Crippen molar-refractivity contribution in [1.82, 2.24) is 15.3 Å². The number of amides is 1. The maximum absolute atomic E-state index is 12.1. The summed E-state index contributed by atoms with van der Waals surface area (Å²) < 4.78 is 6.11. The van der Waals surface area contributed by atoms with Crippen LogP contribution in [0.15, 0.2) is 64.1 Å². The molecule has 0 bridgehead atoms. The van der Waals surface area contributed by atoms with Crippen molar-refractivity contribution >= 4 is 21.8 Å². The van der Waals surface area contributed by atoms with Crippen LogP contribution < -0.4 is 5.32 Å². The molecule has 0 aliphatic rings. The van der Waals surface area contributed by atoms with Crippen LogP contribution in [0.4, 0.5) is 0 Å². The monoisotopic (exact) mass is 385 g/mol. The second-order valence-electron chi connectivity index (χ2n) is 5.23. The predicted octanol–water partition coefficient (Wildman–Crippen LogP) is 3.75. The van der Waals surface area contributed by atoms with Gasteiger partial charge in [-0.25, -0.2) is 0 Å². The zero-order valence-corrected chi connectivity index (χ0v) is 14.5. The van der Waals surface area contributed by atoms with Crippen LogP contribution in [0.2, 0.25) is 0 Å². The maximum Gasteiger partial charge on any atom is 0.220 e. The molecule has 6 heteroatoms. The first-order valence-corrected chi connectivity index (χ1v) is 8.36. The summed E-state index contributed by atoms with van der Waals surface area (Å²) in [5, 5.41) is 2.90. The fourth-order valence-corrected chi connectivity index (χ4v) is 2.84. The molecular formula is C18H16BrN3O2. The average Bonchev–Trinajstić information content (AvgIpc) is 3.14. The van der Waals surface area contributed by atoms with Crippen LogP contribution >= 0.6 is 15.9 Å². The third kappa shape index (κ3) is 4.08. The second kappa shape index (κ2) is 7.88. The van der Waals surface area contributed by atoms with Crippen LogP contribution in [-0.4, -0.2) is 15.9 Å². The summed E-state index contributed by atoms with van der Waals surface area (Å²) >= 11 is 3.49. The minimum Gasteiger partial charge on any atom is -0.472 e. The van der Waals surface area contributed by atoms with Crippen molar-refractivity contribution in [3.63, 3.8) is 0 Å². The Morgan fingerprint density at radius 2 is 2.00 bits per heavy atom. The normalized spacial score (nSPS) is 10.5. The molecule has 0 aliphatic heterocycles. The molecule has 0 spiro atoms. The van der Waals surface area contributed by atoms with E-state index >= 15 is 0 Å². The zero-order chi connectivity index (χ0) is 16.8. The lowest BCUT2D eigenvalue weighted by atomic mass is 10.1.